The van der Waals surface area contributed by atoms with Crippen LogP contribution in [-0.2, 0) is 6.54 Å². The van der Waals surface area contributed by atoms with E-state index in [0.29, 0.717) is 30.9 Å². The van der Waals surface area contributed by atoms with Gasteiger partial charge in [-0.1, -0.05) is 12.1 Å². The lowest BCUT2D eigenvalue weighted by molar-refractivity contribution is 0.0996. The van der Waals surface area contributed by atoms with Crippen LogP contribution in [0.2, 0.25) is 0 Å². The Hall–Kier alpha value is -4.05. The van der Waals surface area contributed by atoms with E-state index in [1.807, 2.05) is 30.3 Å². The topological polar surface area (TPSA) is 89.6 Å². The van der Waals surface area contributed by atoms with Crippen LogP contribution < -0.4 is 10.2 Å². The van der Waals surface area contributed by atoms with Crippen LogP contribution in [0.25, 0.3) is 0 Å². The summed E-state index contributed by atoms with van der Waals surface area (Å²) in [5.74, 6) is -0.0889. The van der Waals surface area contributed by atoms with E-state index in [0.717, 1.165) is 17.7 Å². The number of carbonyl (C=O) groups is 2. The summed E-state index contributed by atoms with van der Waals surface area (Å²) in [4.78, 5) is 28.6. The van der Waals surface area contributed by atoms with Crippen molar-refractivity contribution in [2.24, 2.45) is 0 Å². The monoisotopic (exact) mass is 400 g/mol. The molecule has 1 saturated heterocycles. The van der Waals surface area contributed by atoms with Gasteiger partial charge in [-0.05, 0) is 60.5 Å². The summed E-state index contributed by atoms with van der Waals surface area (Å²) in [5.41, 5.74) is 2.91. The first-order valence-electron chi connectivity index (χ1n) is 9.64. The summed E-state index contributed by atoms with van der Waals surface area (Å²) in [6.07, 6.45) is 2.29. The Morgan fingerprint density at radius 3 is 2.67 bits per heavy atom. The molecule has 3 aromatic rings. The Morgan fingerprint density at radius 1 is 1.10 bits per heavy atom. The second-order valence-corrected chi connectivity index (χ2v) is 7.00. The molecule has 7 nitrogen and oxygen atoms in total. The highest BCUT2D eigenvalue weighted by atomic mass is 16.3. The molecule has 0 aliphatic carbocycles. The molecule has 30 heavy (non-hydrogen) atoms. The molecule has 1 fully saturated rings. The first kappa shape index (κ1) is 19.3. The van der Waals surface area contributed by atoms with Crippen molar-refractivity contribution in [2.75, 3.05) is 23.3 Å². The summed E-state index contributed by atoms with van der Waals surface area (Å²) in [6.45, 7) is 1.76. The van der Waals surface area contributed by atoms with Gasteiger partial charge >= 0.3 is 6.03 Å². The Morgan fingerprint density at radius 2 is 1.93 bits per heavy atom. The third kappa shape index (κ3) is 4.18. The van der Waals surface area contributed by atoms with Gasteiger partial charge in [-0.2, -0.15) is 5.26 Å². The van der Waals surface area contributed by atoms with Gasteiger partial charge in [-0.25, -0.2) is 4.79 Å². The van der Waals surface area contributed by atoms with Gasteiger partial charge in [0.05, 0.1) is 17.9 Å². The van der Waals surface area contributed by atoms with Gasteiger partial charge < -0.3 is 14.6 Å². The van der Waals surface area contributed by atoms with Gasteiger partial charge in [-0.15, -0.1) is 0 Å². The fraction of sp³-hybridized carbons (Fsp3) is 0.174. The average Bonchev–Trinajstić information content (AvgIpc) is 3.31. The predicted molar refractivity (Wildman–Crippen MR) is 112 cm³/mol. The fourth-order valence-electron chi connectivity index (χ4n) is 3.45. The second kappa shape index (κ2) is 8.53. The molecule has 1 aliphatic rings. The summed E-state index contributed by atoms with van der Waals surface area (Å²) in [7, 11) is 0. The van der Waals surface area contributed by atoms with E-state index in [4.69, 9.17) is 9.68 Å². The van der Waals surface area contributed by atoms with Gasteiger partial charge in [0.25, 0.3) is 5.91 Å². The number of amides is 3. The number of benzene rings is 2. The van der Waals surface area contributed by atoms with E-state index in [-0.39, 0.29) is 17.7 Å². The van der Waals surface area contributed by atoms with Crippen LogP contribution in [-0.4, -0.2) is 29.9 Å². The van der Waals surface area contributed by atoms with E-state index in [2.05, 4.69) is 11.4 Å². The molecule has 0 saturated carbocycles. The summed E-state index contributed by atoms with van der Waals surface area (Å²) in [5, 5.41) is 11.8. The predicted octanol–water partition coefficient (Wildman–Crippen LogP) is 4.24. The molecule has 2 aromatic carbocycles. The number of rotatable bonds is 5. The maximum atomic E-state index is 13.0. The van der Waals surface area contributed by atoms with E-state index in [1.165, 1.54) is 6.26 Å². The summed E-state index contributed by atoms with van der Waals surface area (Å²) in [6, 6.07) is 19.8. The van der Waals surface area contributed by atoms with Crippen LogP contribution in [0, 0.1) is 11.3 Å². The van der Waals surface area contributed by atoms with Crippen molar-refractivity contribution >= 4 is 23.3 Å². The number of nitriles is 1. The van der Waals surface area contributed by atoms with Crippen LogP contribution >= 0.6 is 0 Å². The number of hydrogen-bond donors (Lipinski definition) is 1. The molecular weight excluding hydrogens is 380 g/mol. The van der Waals surface area contributed by atoms with Crippen LogP contribution in [0.1, 0.15) is 28.1 Å². The summed E-state index contributed by atoms with van der Waals surface area (Å²) >= 11 is 0. The highest BCUT2D eigenvalue weighted by Gasteiger charge is 2.26. The minimum absolute atomic E-state index is 0.0732. The van der Waals surface area contributed by atoms with Crippen LogP contribution in [0.15, 0.2) is 71.3 Å². The Bertz CT molecular complexity index is 1080. The average molecular weight is 400 g/mol. The molecule has 4 rings (SSSR count). The third-order valence-electron chi connectivity index (χ3n) is 4.92. The molecule has 1 aliphatic heterocycles. The molecule has 150 valence electrons. The zero-order chi connectivity index (χ0) is 20.9. The normalized spacial score (nSPS) is 13.8. The van der Waals surface area contributed by atoms with Crippen molar-refractivity contribution in [3.63, 3.8) is 0 Å². The smallest absolute Gasteiger partial charge is 0.324 e. The van der Waals surface area contributed by atoms with Crippen molar-refractivity contribution in [1.82, 2.24) is 4.90 Å². The molecule has 0 unspecified atom stereocenters. The van der Waals surface area contributed by atoms with Crippen molar-refractivity contribution in [1.29, 1.82) is 5.26 Å². The number of furan rings is 1. The lowest BCUT2D eigenvalue weighted by Crippen LogP contribution is -2.49. The van der Waals surface area contributed by atoms with Gasteiger partial charge in [0, 0.05) is 31.0 Å². The second-order valence-electron chi connectivity index (χ2n) is 7.00. The number of nitrogens with zero attached hydrogens (tertiary/aromatic N) is 3. The maximum Gasteiger partial charge on any atom is 0.324 e. The van der Waals surface area contributed by atoms with Crippen molar-refractivity contribution in [3.05, 3.63) is 83.8 Å². The Balaban J connectivity index is 1.43. The quantitative estimate of drug-likeness (QED) is 0.694. The first-order chi connectivity index (χ1) is 14.6. The minimum atomic E-state index is -0.326. The molecule has 2 heterocycles. The van der Waals surface area contributed by atoms with Gasteiger partial charge in [-0.3, -0.25) is 9.69 Å². The highest BCUT2D eigenvalue weighted by molar-refractivity contribution is 6.02. The van der Waals surface area contributed by atoms with Crippen molar-refractivity contribution in [3.8, 4) is 6.07 Å². The van der Waals surface area contributed by atoms with E-state index < -0.39 is 0 Å². The fourth-order valence-corrected chi connectivity index (χ4v) is 3.45. The van der Waals surface area contributed by atoms with E-state index >= 15 is 0 Å². The zero-order valence-corrected chi connectivity index (χ0v) is 16.2. The first-order valence-corrected chi connectivity index (χ1v) is 9.64. The highest BCUT2D eigenvalue weighted by Crippen LogP contribution is 2.24. The number of urea groups is 1. The Kier molecular flexibility index (Phi) is 5.48. The largest absolute Gasteiger partial charge is 0.459 e. The van der Waals surface area contributed by atoms with Crippen molar-refractivity contribution in [2.45, 2.75) is 13.0 Å². The lowest BCUT2D eigenvalue weighted by Gasteiger charge is -2.35. The minimum Gasteiger partial charge on any atom is -0.459 e. The van der Waals surface area contributed by atoms with Gasteiger partial charge in [0.1, 0.15) is 0 Å². The van der Waals surface area contributed by atoms with Gasteiger partial charge in [0.2, 0.25) is 0 Å². The van der Waals surface area contributed by atoms with Crippen LogP contribution in [0.4, 0.5) is 16.2 Å². The molecule has 0 atom stereocenters. The molecular formula is C23H20N4O3. The van der Waals surface area contributed by atoms with Gasteiger partial charge in [0.15, 0.2) is 5.76 Å². The number of anilines is 2. The molecule has 1 N–H and O–H groups in total. The zero-order valence-electron chi connectivity index (χ0n) is 16.2. The summed E-state index contributed by atoms with van der Waals surface area (Å²) < 4.78 is 5.09. The van der Waals surface area contributed by atoms with Crippen molar-refractivity contribution < 1.29 is 14.0 Å². The number of carbonyl (C=O) groups excluding carboxylic acids is 2. The third-order valence-corrected chi connectivity index (χ3v) is 4.92. The number of nitrogens with one attached hydrogen (secondary N) is 1. The molecule has 0 bridgehead atoms. The molecule has 0 radical (unpaired) electrons. The van der Waals surface area contributed by atoms with Crippen LogP contribution in [0.3, 0.4) is 0 Å². The number of hydrogen-bond acceptors (Lipinski definition) is 4. The van der Waals surface area contributed by atoms with Crippen LogP contribution in [0.5, 0.6) is 0 Å². The maximum absolute atomic E-state index is 13.0. The Labute approximate surface area is 174 Å². The van der Waals surface area contributed by atoms with E-state index in [9.17, 15) is 9.59 Å². The van der Waals surface area contributed by atoms with E-state index in [1.54, 1.807) is 40.1 Å². The SMILES string of the molecule is N#Cc1cccc(CN2CCCN(c3ccc(NC(=O)c4ccco4)cc3)C2=O)c1. The lowest BCUT2D eigenvalue weighted by atomic mass is 10.1. The molecule has 3 amide bonds. The molecule has 0 spiro atoms. The standard InChI is InChI=1S/C23H20N4O3/c24-15-17-4-1-5-18(14-17)16-26-11-3-12-27(23(26)29)20-9-7-19(8-10-20)25-22(28)21-6-2-13-30-21/h1-2,4-10,13-14H,3,11-12,16H2,(H,25,28). The molecule has 1 aromatic heterocycles. The molecule has 7 heteroatoms.